The van der Waals surface area contributed by atoms with Crippen LogP contribution < -0.4 is 0 Å². The van der Waals surface area contributed by atoms with Gasteiger partial charge in [0.2, 0.25) is 0 Å². The Labute approximate surface area is 116 Å². The maximum atomic E-state index is 13.6. The number of halogens is 4. The highest BCUT2D eigenvalue weighted by atomic mass is 79.9. The summed E-state index contributed by atoms with van der Waals surface area (Å²) in [5, 5.41) is 0. The van der Waals surface area contributed by atoms with Crippen LogP contribution in [0.3, 0.4) is 0 Å². The molecule has 0 bridgehead atoms. The molecule has 0 saturated heterocycles. The van der Waals surface area contributed by atoms with E-state index in [2.05, 4.69) is 15.9 Å². The molecule has 2 aromatic rings. The molecule has 0 unspecified atom stereocenters. The molecule has 0 spiro atoms. The van der Waals surface area contributed by atoms with E-state index in [1.807, 2.05) is 0 Å². The van der Waals surface area contributed by atoms with Gasteiger partial charge in [-0.05, 0) is 29.8 Å². The monoisotopic (exact) mass is 328 g/mol. The maximum absolute atomic E-state index is 13.6. The van der Waals surface area contributed by atoms with Gasteiger partial charge in [0.15, 0.2) is 17.4 Å². The van der Waals surface area contributed by atoms with Gasteiger partial charge in [-0.25, -0.2) is 13.2 Å². The second kappa shape index (κ2) is 5.57. The molecule has 98 valence electrons. The molecule has 0 fully saturated rings. The van der Waals surface area contributed by atoms with Gasteiger partial charge in [-0.1, -0.05) is 28.1 Å². The van der Waals surface area contributed by atoms with Crippen molar-refractivity contribution < 1.29 is 18.0 Å². The molecule has 0 heterocycles. The number of carbonyl (C=O) groups excluding carboxylic acids is 1. The van der Waals surface area contributed by atoms with Crippen LogP contribution in [0.4, 0.5) is 13.2 Å². The molecule has 5 heteroatoms. The summed E-state index contributed by atoms with van der Waals surface area (Å²) in [6.45, 7) is 0. The molecule has 0 atom stereocenters. The number of hydrogen-bond donors (Lipinski definition) is 0. The first-order valence-corrected chi connectivity index (χ1v) is 6.19. The van der Waals surface area contributed by atoms with Crippen molar-refractivity contribution in [1.29, 1.82) is 0 Å². The largest absolute Gasteiger partial charge is 0.294 e. The number of benzene rings is 2. The van der Waals surface area contributed by atoms with Gasteiger partial charge in [0.05, 0.1) is 5.56 Å². The minimum Gasteiger partial charge on any atom is -0.294 e. The first-order valence-electron chi connectivity index (χ1n) is 5.40. The molecule has 1 nitrogen and oxygen atoms in total. The quantitative estimate of drug-likeness (QED) is 0.768. The first-order chi connectivity index (χ1) is 8.99. The Balaban J connectivity index is 2.28. The summed E-state index contributed by atoms with van der Waals surface area (Å²) in [6, 6.07) is 7.56. The summed E-state index contributed by atoms with van der Waals surface area (Å²) in [4.78, 5) is 11.8. The molecule has 0 saturated carbocycles. The summed E-state index contributed by atoms with van der Waals surface area (Å²) in [5.41, 5.74) is -0.237. The van der Waals surface area contributed by atoms with Crippen molar-refractivity contribution >= 4 is 21.7 Å². The van der Waals surface area contributed by atoms with Gasteiger partial charge in [0.1, 0.15) is 5.82 Å². The fourth-order valence-corrected chi connectivity index (χ4v) is 1.99. The van der Waals surface area contributed by atoms with Crippen LogP contribution in [0.15, 0.2) is 40.9 Å². The van der Waals surface area contributed by atoms with Gasteiger partial charge in [0, 0.05) is 10.9 Å². The lowest BCUT2D eigenvalue weighted by Gasteiger charge is -2.05. The molecule has 0 aliphatic heterocycles. The van der Waals surface area contributed by atoms with Crippen LogP contribution in [0, 0.1) is 17.5 Å². The Morgan fingerprint density at radius 2 is 1.79 bits per heavy atom. The van der Waals surface area contributed by atoms with Gasteiger partial charge >= 0.3 is 0 Å². The second-order valence-electron chi connectivity index (χ2n) is 3.94. The standard InChI is InChI=1S/C14H8BrF3O/c15-9-5-4-8(12(17)7-9)6-13(19)10-2-1-3-11(16)14(10)18/h1-5,7H,6H2. The zero-order valence-electron chi connectivity index (χ0n) is 9.59. The van der Waals surface area contributed by atoms with Crippen LogP contribution in [0.5, 0.6) is 0 Å². The predicted octanol–water partition coefficient (Wildman–Crippen LogP) is 4.29. The minimum atomic E-state index is -1.20. The Morgan fingerprint density at radius 1 is 1.05 bits per heavy atom. The van der Waals surface area contributed by atoms with E-state index in [0.29, 0.717) is 4.47 Å². The average Bonchev–Trinajstić information content (AvgIpc) is 2.36. The molecule has 2 aromatic carbocycles. The van der Waals surface area contributed by atoms with Crippen molar-refractivity contribution in [3.05, 3.63) is 69.4 Å². The summed E-state index contributed by atoms with van der Waals surface area (Å²) in [7, 11) is 0. The normalized spacial score (nSPS) is 10.5. The first kappa shape index (κ1) is 13.8. The van der Waals surface area contributed by atoms with Crippen molar-refractivity contribution in [2.75, 3.05) is 0 Å². The number of rotatable bonds is 3. The summed E-state index contributed by atoms with van der Waals surface area (Å²) >= 11 is 3.09. The molecule has 0 radical (unpaired) electrons. The van der Waals surface area contributed by atoms with E-state index < -0.39 is 23.2 Å². The van der Waals surface area contributed by atoms with Gasteiger partial charge < -0.3 is 0 Å². The van der Waals surface area contributed by atoms with E-state index in [1.165, 1.54) is 24.3 Å². The molecule has 0 amide bonds. The SMILES string of the molecule is O=C(Cc1ccc(Br)cc1F)c1cccc(F)c1F. The Morgan fingerprint density at radius 3 is 2.47 bits per heavy atom. The van der Waals surface area contributed by atoms with Gasteiger partial charge in [0.25, 0.3) is 0 Å². The summed E-state index contributed by atoms with van der Waals surface area (Å²) in [6.07, 6.45) is -0.320. The van der Waals surface area contributed by atoms with Crippen LogP contribution in [-0.2, 0) is 6.42 Å². The summed E-state index contributed by atoms with van der Waals surface area (Å²) < 4.78 is 40.5. The third-order valence-corrected chi connectivity index (χ3v) is 3.11. The molecular formula is C14H8BrF3O. The Hall–Kier alpha value is -1.62. The van der Waals surface area contributed by atoms with E-state index >= 15 is 0 Å². The van der Waals surface area contributed by atoms with Gasteiger partial charge in [-0.3, -0.25) is 4.79 Å². The Bertz CT molecular complexity index is 641. The molecule has 0 aliphatic carbocycles. The third-order valence-electron chi connectivity index (χ3n) is 2.62. The lowest BCUT2D eigenvalue weighted by Crippen LogP contribution is -2.08. The molecule has 19 heavy (non-hydrogen) atoms. The third kappa shape index (κ3) is 3.04. The number of carbonyl (C=O) groups is 1. The smallest absolute Gasteiger partial charge is 0.170 e. The fourth-order valence-electron chi connectivity index (χ4n) is 1.65. The Kier molecular flexibility index (Phi) is 4.04. The number of hydrogen-bond acceptors (Lipinski definition) is 1. The zero-order valence-corrected chi connectivity index (χ0v) is 11.2. The molecule has 0 N–H and O–H groups in total. The van der Waals surface area contributed by atoms with Crippen LogP contribution in [0.1, 0.15) is 15.9 Å². The van der Waals surface area contributed by atoms with E-state index in [4.69, 9.17) is 0 Å². The van der Waals surface area contributed by atoms with Crippen LogP contribution >= 0.6 is 15.9 Å². The highest BCUT2D eigenvalue weighted by Gasteiger charge is 2.16. The molecule has 0 aromatic heterocycles. The van der Waals surface area contributed by atoms with E-state index in [9.17, 15) is 18.0 Å². The van der Waals surface area contributed by atoms with E-state index in [0.717, 1.165) is 6.07 Å². The fraction of sp³-hybridized carbons (Fsp3) is 0.0714. The zero-order chi connectivity index (χ0) is 14.0. The van der Waals surface area contributed by atoms with E-state index in [1.54, 1.807) is 6.07 Å². The predicted molar refractivity (Wildman–Crippen MR) is 68.5 cm³/mol. The molecule has 2 rings (SSSR count). The van der Waals surface area contributed by atoms with Crippen LogP contribution in [-0.4, -0.2) is 5.78 Å². The van der Waals surface area contributed by atoms with E-state index in [-0.39, 0.29) is 17.5 Å². The average molecular weight is 329 g/mol. The van der Waals surface area contributed by atoms with Crippen molar-refractivity contribution in [1.82, 2.24) is 0 Å². The highest BCUT2D eigenvalue weighted by molar-refractivity contribution is 9.10. The molecular weight excluding hydrogens is 321 g/mol. The van der Waals surface area contributed by atoms with Gasteiger partial charge in [-0.15, -0.1) is 0 Å². The highest BCUT2D eigenvalue weighted by Crippen LogP contribution is 2.19. The minimum absolute atomic E-state index is 0.136. The maximum Gasteiger partial charge on any atom is 0.170 e. The van der Waals surface area contributed by atoms with Crippen molar-refractivity contribution in [3.63, 3.8) is 0 Å². The van der Waals surface area contributed by atoms with Crippen molar-refractivity contribution in [2.24, 2.45) is 0 Å². The van der Waals surface area contributed by atoms with Crippen molar-refractivity contribution in [3.8, 4) is 0 Å². The number of ketones is 1. The summed E-state index contributed by atoms with van der Waals surface area (Å²) in [5.74, 6) is -3.54. The van der Waals surface area contributed by atoms with Crippen LogP contribution in [0.25, 0.3) is 0 Å². The number of Topliss-reactive ketones (excluding diaryl/α,β-unsaturated/α-hetero) is 1. The topological polar surface area (TPSA) is 17.1 Å². The molecule has 0 aliphatic rings. The van der Waals surface area contributed by atoms with Crippen LogP contribution in [0.2, 0.25) is 0 Å². The second-order valence-corrected chi connectivity index (χ2v) is 4.85. The van der Waals surface area contributed by atoms with Crippen molar-refractivity contribution in [2.45, 2.75) is 6.42 Å². The van der Waals surface area contributed by atoms with Gasteiger partial charge in [-0.2, -0.15) is 0 Å². The lowest BCUT2D eigenvalue weighted by molar-refractivity contribution is 0.0987. The lowest BCUT2D eigenvalue weighted by atomic mass is 10.0.